The van der Waals surface area contributed by atoms with Gasteiger partial charge < -0.3 is 15.2 Å². The van der Waals surface area contributed by atoms with E-state index in [1.165, 1.54) is 10.4 Å². The summed E-state index contributed by atoms with van der Waals surface area (Å²) in [5.41, 5.74) is 3.29. The highest BCUT2D eigenvalue weighted by atomic mass is 32.1. The minimum atomic E-state index is -1.03. The molecule has 1 amide bonds. The van der Waals surface area contributed by atoms with Crippen molar-refractivity contribution in [2.45, 2.75) is 27.2 Å². The number of amides is 1. The molecule has 6 heteroatoms. The van der Waals surface area contributed by atoms with Crippen molar-refractivity contribution in [3.8, 4) is 5.75 Å². The Morgan fingerprint density at radius 2 is 1.83 bits per heavy atom. The third-order valence-electron chi connectivity index (χ3n) is 3.67. The third-order valence-corrected chi connectivity index (χ3v) is 4.75. The van der Waals surface area contributed by atoms with Gasteiger partial charge in [-0.25, -0.2) is 4.79 Å². The molecule has 24 heavy (non-hydrogen) atoms. The Morgan fingerprint density at radius 3 is 2.38 bits per heavy atom. The fourth-order valence-electron chi connectivity index (χ4n) is 2.49. The minimum absolute atomic E-state index is 0.139. The number of benzene rings is 1. The number of carboxylic acids is 1. The van der Waals surface area contributed by atoms with Crippen molar-refractivity contribution in [2.24, 2.45) is 0 Å². The molecule has 0 aliphatic carbocycles. The van der Waals surface area contributed by atoms with Gasteiger partial charge in [-0.3, -0.25) is 4.79 Å². The lowest BCUT2D eigenvalue weighted by Crippen LogP contribution is -2.26. The molecule has 128 valence electrons. The predicted molar refractivity (Wildman–Crippen MR) is 94.1 cm³/mol. The van der Waals surface area contributed by atoms with Crippen LogP contribution < -0.4 is 10.1 Å². The second-order valence-electron chi connectivity index (χ2n) is 5.65. The van der Waals surface area contributed by atoms with E-state index in [9.17, 15) is 9.59 Å². The number of nitrogens with one attached hydrogen (secondary N) is 1. The number of aliphatic carboxylic acids is 1. The predicted octanol–water partition coefficient (Wildman–Crippen LogP) is 3.11. The van der Waals surface area contributed by atoms with Crippen LogP contribution in [-0.4, -0.2) is 30.1 Å². The standard InChI is InChI=1S/C18H21NO4S/c1-11-5-7-24-15(11)4-6-19-18(22)14-8-12(2)17(13(3)9-14)23-10-16(20)21/h5,7-9H,4,6,10H2,1-3H3,(H,19,22)(H,20,21). The summed E-state index contributed by atoms with van der Waals surface area (Å²) in [5, 5.41) is 13.7. The van der Waals surface area contributed by atoms with Crippen molar-refractivity contribution >= 4 is 23.2 Å². The summed E-state index contributed by atoms with van der Waals surface area (Å²) in [7, 11) is 0. The molecule has 0 spiro atoms. The molecule has 0 aliphatic heterocycles. The number of carboxylic acid groups (broad SMARTS) is 1. The van der Waals surface area contributed by atoms with E-state index < -0.39 is 12.6 Å². The smallest absolute Gasteiger partial charge is 0.341 e. The molecule has 0 saturated carbocycles. The molecule has 0 fully saturated rings. The van der Waals surface area contributed by atoms with E-state index in [2.05, 4.69) is 23.7 Å². The summed E-state index contributed by atoms with van der Waals surface area (Å²) in [6, 6.07) is 5.51. The van der Waals surface area contributed by atoms with Gasteiger partial charge in [0.1, 0.15) is 5.75 Å². The van der Waals surface area contributed by atoms with Crippen LogP contribution in [0.25, 0.3) is 0 Å². The van der Waals surface area contributed by atoms with Gasteiger partial charge in [-0.1, -0.05) is 0 Å². The summed E-state index contributed by atoms with van der Waals surface area (Å²) < 4.78 is 5.28. The molecule has 1 aromatic heterocycles. The van der Waals surface area contributed by atoms with Crippen LogP contribution in [0.15, 0.2) is 23.6 Å². The zero-order valence-corrected chi connectivity index (χ0v) is 14.8. The van der Waals surface area contributed by atoms with Crippen LogP contribution in [0.2, 0.25) is 0 Å². The number of carbonyl (C=O) groups is 2. The van der Waals surface area contributed by atoms with Gasteiger partial charge in [0.25, 0.3) is 5.91 Å². The largest absolute Gasteiger partial charge is 0.481 e. The van der Waals surface area contributed by atoms with E-state index in [1.807, 2.05) is 0 Å². The molecular formula is C18H21NO4S. The number of hydrogen-bond donors (Lipinski definition) is 2. The van der Waals surface area contributed by atoms with E-state index in [0.717, 1.165) is 17.5 Å². The van der Waals surface area contributed by atoms with E-state index in [1.54, 1.807) is 37.3 Å². The molecule has 2 aromatic rings. The number of carbonyl (C=O) groups excluding carboxylic acids is 1. The van der Waals surface area contributed by atoms with E-state index >= 15 is 0 Å². The maximum atomic E-state index is 12.3. The van der Waals surface area contributed by atoms with Crippen molar-refractivity contribution in [2.75, 3.05) is 13.2 Å². The van der Waals surface area contributed by atoms with Gasteiger partial charge in [0, 0.05) is 17.0 Å². The van der Waals surface area contributed by atoms with Crippen molar-refractivity contribution in [1.29, 1.82) is 0 Å². The van der Waals surface area contributed by atoms with Gasteiger partial charge in [0.2, 0.25) is 0 Å². The zero-order chi connectivity index (χ0) is 17.7. The summed E-state index contributed by atoms with van der Waals surface area (Å²) in [6.45, 7) is 5.85. The van der Waals surface area contributed by atoms with E-state index in [0.29, 0.717) is 17.9 Å². The van der Waals surface area contributed by atoms with Crippen molar-refractivity contribution in [3.05, 3.63) is 50.7 Å². The molecule has 2 N–H and O–H groups in total. The van der Waals surface area contributed by atoms with Gasteiger partial charge in [0.05, 0.1) is 0 Å². The van der Waals surface area contributed by atoms with Gasteiger partial charge in [-0.05, 0) is 67.5 Å². The van der Waals surface area contributed by atoms with Crippen LogP contribution in [-0.2, 0) is 11.2 Å². The van der Waals surface area contributed by atoms with Crippen molar-refractivity contribution in [1.82, 2.24) is 5.32 Å². The molecule has 2 rings (SSSR count). The highest BCUT2D eigenvalue weighted by molar-refractivity contribution is 7.10. The van der Waals surface area contributed by atoms with Gasteiger partial charge >= 0.3 is 5.97 Å². The molecule has 0 unspecified atom stereocenters. The van der Waals surface area contributed by atoms with Crippen LogP contribution in [0.4, 0.5) is 0 Å². The highest BCUT2D eigenvalue weighted by Crippen LogP contribution is 2.25. The Kier molecular flexibility index (Phi) is 5.98. The first-order chi connectivity index (χ1) is 11.4. The summed E-state index contributed by atoms with van der Waals surface area (Å²) in [4.78, 5) is 24.2. The van der Waals surface area contributed by atoms with Crippen LogP contribution >= 0.6 is 11.3 Å². The number of rotatable bonds is 7. The molecule has 0 bridgehead atoms. The monoisotopic (exact) mass is 347 g/mol. The maximum absolute atomic E-state index is 12.3. The molecule has 1 aromatic carbocycles. The SMILES string of the molecule is Cc1ccsc1CCNC(=O)c1cc(C)c(OCC(=O)O)c(C)c1. The lowest BCUT2D eigenvalue weighted by Gasteiger charge is -2.13. The summed E-state index contributed by atoms with van der Waals surface area (Å²) >= 11 is 1.70. The molecule has 0 aliphatic rings. The van der Waals surface area contributed by atoms with Gasteiger partial charge in [0.15, 0.2) is 6.61 Å². The highest BCUT2D eigenvalue weighted by Gasteiger charge is 2.13. The number of aryl methyl sites for hydroxylation is 3. The van der Waals surface area contributed by atoms with Crippen LogP contribution in [0.3, 0.4) is 0 Å². The number of ether oxygens (including phenoxy) is 1. The number of thiophene rings is 1. The molecule has 0 saturated heterocycles. The Morgan fingerprint density at radius 1 is 1.17 bits per heavy atom. The fourth-order valence-corrected chi connectivity index (χ4v) is 3.41. The lowest BCUT2D eigenvalue weighted by atomic mass is 10.0. The fraction of sp³-hybridized carbons (Fsp3) is 0.333. The van der Waals surface area contributed by atoms with Crippen LogP contribution in [0, 0.1) is 20.8 Å². The van der Waals surface area contributed by atoms with Crippen molar-refractivity contribution in [3.63, 3.8) is 0 Å². The molecule has 1 heterocycles. The lowest BCUT2D eigenvalue weighted by molar-refractivity contribution is -0.139. The molecule has 5 nitrogen and oxygen atoms in total. The first-order valence-corrected chi connectivity index (χ1v) is 8.53. The van der Waals surface area contributed by atoms with E-state index in [4.69, 9.17) is 9.84 Å². The second kappa shape index (κ2) is 7.97. The maximum Gasteiger partial charge on any atom is 0.341 e. The average Bonchev–Trinajstić information content (AvgIpc) is 2.91. The quantitative estimate of drug-likeness (QED) is 0.807. The topological polar surface area (TPSA) is 75.6 Å². The zero-order valence-electron chi connectivity index (χ0n) is 14.0. The van der Waals surface area contributed by atoms with Crippen LogP contribution in [0.5, 0.6) is 5.75 Å². The Bertz CT molecular complexity index is 728. The molecule has 0 radical (unpaired) electrons. The third kappa shape index (κ3) is 4.58. The van der Waals surface area contributed by atoms with Crippen LogP contribution in [0.1, 0.15) is 31.9 Å². The summed E-state index contributed by atoms with van der Waals surface area (Å²) in [6.07, 6.45) is 0.813. The first kappa shape index (κ1) is 18.0. The van der Waals surface area contributed by atoms with E-state index in [-0.39, 0.29) is 5.91 Å². The van der Waals surface area contributed by atoms with Gasteiger partial charge in [-0.2, -0.15) is 0 Å². The molecular weight excluding hydrogens is 326 g/mol. The minimum Gasteiger partial charge on any atom is -0.481 e. The van der Waals surface area contributed by atoms with Crippen molar-refractivity contribution < 1.29 is 19.4 Å². The Hall–Kier alpha value is -2.34. The normalized spacial score (nSPS) is 10.5. The first-order valence-electron chi connectivity index (χ1n) is 7.65. The summed E-state index contributed by atoms with van der Waals surface area (Å²) in [5.74, 6) is -0.650. The van der Waals surface area contributed by atoms with Gasteiger partial charge in [-0.15, -0.1) is 11.3 Å². The molecule has 0 atom stereocenters. The average molecular weight is 347 g/mol. The Balaban J connectivity index is 1.99. The Labute approximate surface area is 145 Å². The number of hydrogen-bond acceptors (Lipinski definition) is 4. The second-order valence-corrected chi connectivity index (χ2v) is 6.65.